The van der Waals surface area contributed by atoms with E-state index in [-0.39, 0.29) is 0 Å². The standard InChI is InChI=1S/C6H5Cl3N2/c7-4-1-2-5(8)6(3-4)11(9)10/h1-3H,10H2. The van der Waals surface area contributed by atoms with Crippen molar-refractivity contribution in [1.82, 2.24) is 0 Å². The molecule has 2 nitrogen and oxygen atoms in total. The highest BCUT2D eigenvalue weighted by Gasteiger charge is 2.03. The number of hydrogen-bond donors (Lipinski definition) is 1. The van der Waals surface area contributed by atoms with Crippen LogP contribution in [0, 0.1) is 0 Å². The average Bonchev–Trinajstić information content (AvgIpc) is 1.94. The third-order valence-corrected chi connectivity index (χ3v) is 1.88. The van der Waals surface area contributed by atoms with Gasteiger partial charge in [0, 0.05) is 16.8 Å². The Balaban J connectivity index is 3.13. The molecule has 0 heterocycles. The van der Waals surface area contributed by atoms with Gasteiger partial charge in [-0.2, -0.15) is 0 Å². The molecule has 1 aromatic carbocycles. The second kappa shape index (κ2) is 3.50. The maximum Gasteiger partial charge on any atom is 0.0904 e. The van der Waals surface area contributed by atoms with E-state index in [4.69, 9.17) is 40.8 Å². The van der Waals surface area contributed by atoms with Crippen molar-refractivity contribution in [3.05, 3.63) is 28.2 Å². The van der Waals surface area contributed by atoms with E-state index < -0.39 is 0 Å². The molecule has 0 amide bonds. The van der Waals surface area contributed by atoms with E-state index in [1.54, 1.807) is 18.2 Å². The Morgan fingerprint density at radius 3 is 2.36 bits per heavy atom. The summed E-state index contributed by atoms with van der Waals surface area (Å²) in [6.45, 7) is 0. The van der Waals surface area contributed by atoms with E-state index in [0.29, 0.717) is 15.7 Å². The molecule has 0 aromatic heterocycles. The number of benzene rings is 1. The second-order valence-electron chi connectivity index (χ2n) is 1.91. The van der Waals surface area contributed by atoms with Crippen molar-refractivity contribution in [2.24, 2.45) is 5.84 Å². The number of hydrazine groups is 1. The molecule has 0 radical (unpaired) electrons. The van der Waals surface area contributed by atoms with Crippen LogP contribution in [0.25, 0.3) is 0 Å². The monoisotopic (exact) mass is 210 g/mol. The Bertz CT molecular complexity index is 262. The number of nitrogens with two attached hydrogens (primary N) is 1. The number of halogens is 3. The van der Waals surface area contributed by atoms with Crippen molar-refractivity contribution in [1.29, 1.82) is 0 Å². The zero-order chi connectivity index (χ0) is 8.43. The van der Waals surface area contributed by atoms with E-state index in [1.165, 1.54) is 0 Å². The molecular formula is C6H5Cl3N2. The van der Waals surface area contributed by atoms with Gasteiger partial charge in [-0.1, -0.05) is 23.2 Å². The molecule has 0 aliphatic heterocycles. The van der Waals surface area contributed by atoms with Gasteiger partial charge in [0.05, 0.1) is 10.7 Å². The largest absolute Gasteiger partial charge is 0.232 e. The molecule has 5 heteroatoms. The van der Waals surface area contributed by atoms with Crippen molar-refractivity contribution in [3.63, 3.8) is 0 Å². The van der Waals surface area contributed by atoms with Crippen molar-refractivity contribution >= 4 is 40.7 Å². The van der Waals surface area contributed by atoms with Crippen LogP contribution in [0.3, 0.4) is 0 Å². The van der Waals surface area contributed by atoms with Crippen molar-refractivity contribution in [2.75, 3.05) is 4.53 Å². The van der Waals surface area contributed by atoms with Gasteiger partial charge in [0.1, 0.15) is 0 Å². The Labute approximate surface area is 79.5 Å². The van der Waals surface area contributed by atoms with Crippen LogP contribution in [0.15, 0.2) is 18.2 Å². The van der Waals surface area contributed by atoms with Crippen LogP contribution >= 0.6 is 35.0 Å². The van der Waals surface area contributed by atoms with Gasteiger partial charge in [0.25, 0.3) is 0 Å². The molecule has 1 aromatic rings. The highest BCUT2D eigenvalue weighted by molar-refractivity contribution is 6.37. The van der Waals surface area contributed by atoms with Crippen LogP contribution in [0.4, 0.5) is 5.69 Å². The Morgan fingerprint density at radius 1 is 1.27 bits per heavy atom. The van der Waals surface area contributed by atoms with Gasteiger partial charge >= 0.3 is 0 Å². The minimum Gasteiger partial charge on any atom is -0.232 e. The number of hydrogen-bond acceptors (Lipinski definition) is 2. The minimum absolute atomic E-state index is 0.465. The summed E-state index contributed by atoms with van der Waals surface area (Å²) >= 11 is 16.8. The number of nitrogens with zero attached hydrogens (tertiary/aromatic N) is 1. The molecule has 1 rings (SSSR count). The van der Waals surface area contributed by atoms with Gasteiger partial charge in [-0.15, -0.1) is 0 Å². The molecule has 0 atom stereocenters. The minimum atomic E-state index is 0.465. The highest BCUT2D eigenvalue weighted by Crippen LogP contribution is 2.27. The van der Waals surface area contributed by atoms with Crippen molar-refractivity contribution < 1.29 is 0 Å². The molecule has 0 saturated carbocycles. The SMILES string of the molecule is NN(Cl)c1cc(Cl)ccc1Cl. The molecule has 0 bridgehead atoms. The summed E-state index contributed by atoms with van der Waals surface area (Å²) in [5.41, 5.74) is 0.487. The van der Waals surface area contributed by atoms with E-state index in [9.17, 15) is 0 Å². The fraction of sp³-hybridized carbons (Fsp3) is 0. The lowest BCUT2D eigenvalue weighted by Crippen LogP contribution is -2.18. The van der Waals surface area contributed by atoms with Gasteiger partial charge in [-0.3, -0.25) is 0 Å². The number of anilines is 1. The summed E-state index contributed by atoms with van der Waals surface area (Å²) in [7, 11) is 0. The molecule has 11 heavy (non-hydrogen) atoms. The van der Waals surface area contributed by atoms with Gasteiger partial charge in [-0.25, -0.2) is 10.4 Å². The van der Waals surface area contributed by atoms with Crippen LogP contribution in [0.5, 0.6) is 0 Å². The van der Waals surface area contributed by atoms with Crippen LogP contribution in [-0.2, 0) is 0 Å². The second-order valence-corrected chi connectivity index (χ2v) is 3.11. The first kappa shape index (κ1) is 8.94. The number of rotatable bonds is 1. The summed E-state index contributed by atoms with van der Waals surface area (Å²) in [4.78, 5) is 0. The van der Waals surface area contributed by atoms with E-state index >= 15 is 0 Å². The van der Waals surface area contributed by atoms with Gasteiger partial charge < -0.3 is 0 Å². The fourth-order valence-electron chi connectivity index (χ4n) is 0.650. The molecule has 0 aliphatic rings. The normalized spacial score (nSPS) is 9.82. The van der Waals surface area contributed by atoms with Gasteiger partial charge in [0.2, 0.25) is 0 Å². The molecule has 0 spiro atoms. The van der Waals surface area contributed by atoms with Crippen LogP contribution in [-0.4, -0.2) is 0 Å². The molecule has 2 N–H and O–H groups in total. The smallest absolute Gasteiger partial charge is 0.0904 e. The highest BCUT2D eigenvalue weighted by atomic mass is 35.5. The maximum absolute atomic E-state index is 5.73. The molecule has 60 valence electrons. The van der Waals surface area contributed by atoms with E-state index in [0.717, 1.165) is 4.53 Å². The van der Waals surface area contributed by atoms with Gasteiger partial charge in [-0.05, 0) is 18.2 Å². The Kier molecular flexibility index (Phi) is 2.84. The fourth-order valence-corrected chi connectivity index (χ4v) is 1.21. The molecule has 0 aliphatic carbocycles. The first-order chi connectivity index (χ1) is 5.11. The van der Waals surface area contributed by atoms with Crippen LogP contribution in [0.2, 0.25) is 10.0 Å². The maximum atomic E-state index is 5.73. The van der Waals surface area contributed by atoms with E-state index in [2.05, 4.69) is 0 Å². The Morgan fingerprint density at radius 2 is 1.91 bits per heavy atom. The van der Waals surface area contributed by atoms with Crippen molar-refractivity contribution in [2.45, 2.75) is 0 Å². The molecule has 0 fully saturated rings. The van der Waals surface area contributed by atoms with E-state index in [1.807, 2.05) is 0 Å². The third-order valence-electron chi connectivity index (χ3n) is 1.14. The summed E-state index contributed by atoms with van der Waals surface area (Å²) in [5.74, 6) is 5.24. The zero-order valence-corrected chi connectivity index (χ0v) is 7.66. The predicted molar refractivity (Wildman–Crippen MR) is 49.0 cm³/mol. The lowest BCUT2D eigenvalue weighted by molar-refractivity contribution is 1.19. The quantitative estimate of drug-likeness (QED) is 0.440. The van der Waals surface area contributed by atoms with Crippen LogP contribution < -0.4 is 10.4 Å². The first-order valence-electron chi connectivity index (χ1n) is 2.77. The lowest BCUT2D eigenvalue weighted by atomic mass is 10.3. The molecule has 0 saturated heterocycles. The van der Waals surface area contributed by atoms with Crippen LogP contribution in [0.1, 0.15) is 0 Å². The predicted octanol–water partition coefficient (Wildman–Crippen LogP) is 2.83. The Hall–Kier alpha value is -0.150. The summed E-state index contributed by atoms with van der Waals surface area (Å²) in [6.07, 6.45) is 0. The zero-order valence-electron chi connectivity index (χ0n) is 5.39. The van der Waals surface area contributed by atoms with Gasteiger partial charge in [0.15, 0.2) is 0 Å². The molecular weight excluding hydrogens is 206 g/mol. The summed E-state index contributed by atoms with van der Waals surface area (Å²) in [5, 5.41) is 1.01. The third kappa shape index (κ3) is 2.14. The summed E-state index contributed by atoms with van der Waals surface area (Å²) in [6, 6.07) is 4.87. The first-order valence-corrected chi connectivity index (χ1v) is 3.86. The average molecular weight is 211 g/mol. The van der Waals surface area contributed by atoms with Crippen molar-refractivity contribution in [3.8, 4) is 0 Å². The summed E-state index contributed by atoms with van der Waals surface area (Å²) < 4.78 is 0.897. The topological polar surface area (TPSA) is 29.3 Å². The lowest BCUT2D eigenvalue weighted by Gasteiger charge is -2.09. The molecule has 0 unspecified atom stereocenters.